The molecule has 0 aliphatic carbocycles. The van der Waals surface area contributed by atoms with Gasteiger partial charge in [-0.2, -0.15) is 0 Å². The Kier molecular flexibility index (Phi) is 8.87. The Morgan fingerprint density at radius 1 is 0.317 bits per heavy atom. The minimum atomic E-state index is 1.08. The van der Waals surface area contributed by atoms with Gasteiger partial charge in [-0.1, -0.05) is 200 Å². The molecule has 0 radical (unpaired) electrons. The fraction of sp³-hybridized carbons (Fsp3) is 0. The first kappa shape index (κ1) is 35.2. The van der Waals surface area contributed by atoms with E-state index in [9.17, 15) is 0 Å². The smallest absolute Gasteiger partial charge is 0.0619 e. The molecule has 0 saturated carbocycles. The molecule has 2 heteroatoms. The predicted molar refractivity (Wildman–Crippen MR) is 255 cm³/mol. The molecule has 282 valence electrons. The number of hydrogen-bond acceptors (Lipinski definition) is 1. The summed E-state index contributed by atoms with van der Waals surface area (Å²) >= 11 is 0. The first-order chi connectivity index (χ1) is 29.8. The molecule has 10 aromatic carbocycles. The summed E-state index contributed by atoms with van der Waals surface area (Å²) in [6.45, 7) is 0. The summed E-state index contributed by atoms with van der Waals surface area (Å²) in [5, 5.41) is 4.93. The third-order valence-corrected chi connectivity index (χ3v) is 11.8. The maximum atomic E-state index is 2.47. The molecule has 0 unspecified atom stereocenters. The van der Waals surface area contributed by atoms with Crippen molar-refractivity contribution in [2.45, 2.75) is 0 Å². The summed E-state index contributed by atoms with van der Waals surface area (Å²) in [6, 6.07) is 87.9. The molecule has 11 rings (SSSR count). The fourth-order valence-corrected chi connectivity index (χ4v) is 9.17. The van der Waals surface area contributed by atoms with Gasteiger partial charge in [-0.25, -0.2) is 0 Å². The topological polar surface area (TPSA) is 8.17 Å². The van der Waals surface area contributed by atoms with Crippen LogP contribution in [0.3, 0.4) is 0 Å². The van der Waals surface area contributed by atoms with Crippen LogP contribution in [0.25, 0.3) is 82.8 Å². The second-order valence-electron chi connectivity index (χ2n) is 15.3. The lowest BCUT2D eigenvalue weighted by molar-refractivity contribution is 1.18. The highest BCUT2D eigenvalue weighted by molar-refractivity contribution is 6.14. The Hall–Kier alpha value is -7.94. The lowest BCUT2D eigenvalue weighted by atomic mass is 9.90. The number of aromatic nitrogens is 1. The summed E-state index contributed by atoms with van der Waals surface area (Å²) in [4.78, 5) is 2.47. The number of anilines is 3. The van der Waals surface area contributed by atoms with E-state index in [4.69, 9.17) is 0 Å². The maximum Gasteiger partial charge on any atom is 0.0619 e. The lowest BCUT2D eigenvalue weighted by Gasteiger charge is -2.30. The van der Waals surface area contributed by atoms with Crippen molar-refractivity contribution < 1.29 is 0 Å². The largest absolute Gasteiger partial charge is 0.309 e. The maximum absolute atomic E-state index is 2.47. The highest BCUT2D eigenvalue weighted by Crippen LogP contribution is 2.48. The van der Waals surface area contributed by atoms with E-state index in [0.29, 0.717) is 0 Å². The van der Waals surface area contributed by atoms with Gasteiger partial charge in [0.25, 0.3) is 0 Å². The second-order valence-corrected chi connectivity index (χ2v) is 15.3. The van der Waals surface area contributed by atoms with Crippen LogP contribution in [-0.2, 0) is 0 Å². The summed E-state index contributed by atoms with van der Waals surface area (Å²) in [7, 11) is 0. The molecule has 0 N–H and O–H groups in total. The third kappa shape index (κ3) is 6.06. The van der Waals surface area contributed by atoms with Crippen LogP contribution in [0.4, 0.5) is 17.1 Å². The van der Waals surface area contributed by atoms with Gasteiger partial charge in [0.1, 0.15) is 0 Å². The van der Waals surface area contributed by atoms with Crippen LogP contribution >= 0.6 is 0 Å². The Bertz CT molecular complexity index is 3300. The number of para-hydroxylation sites is 5. The van der Waals surface area contributed by atoms with Gasteiger partial charge in [0.15, 0.2) is 0 Å². The van der Waals surface area contributed by atoms with Crippen LogP contribution < -0.4 is 4.90 Å². The molecule has 1 aromatic heterocycles. The van der Waals surface area contributed by atoms with Crippen molar-refractivity contribution in [2.24, 2.45) is 0 Å². The van der Waals surface area contributed by atoms with E-state index in [2.05, 4.69) is 252 Å². The van der Waals surface area contributed by atoms with Crippen molar-refractivity contribution in [1.29, 1.82) is 0 Å². The quantitative estimate of drug-likeness (QED) is 0.150. The van der Waals surface area contributed by atoms with E-state index in [0.717, 1.165) is 39.4 Å². The van der Waals surface area contributed by atoms with Gasteiger partial charge in [0.05, 0.1) is 22.4 Å². The molecule has 0 bridgehead atoms. The lowest BCUT2D eigenvalue weighted by Crippen LogP contribution is -2.12. The van der Waals surface area contributed by atoms with Crippen LogP contribution in [0, 0.1) is 0 Å². The van der Waals surface area contributed by atoms with E-state index in [-0.39, 0.29) is 0 Å². The van der Waals surface area contributed by atoms with Crippen molar-refractivity contribution >= 4 is 49.6 Å². The van der Waals surface area contributed by atoms with Crippen molar-refractivity contribution in [3.63, 3.8) is 0 Å². The number of rotatable bonds is 8. The first-order valence-corrected chi connectivity index (χ1v) is 20.6. The molecule has 0 aliphatic heterocycles. The molecule has 2 nitrogen and oxygen atoms in total. The molecular formula is C58H40N2. The van der Waals surface area contributed by atoms with Crippen molar-refractivity contribution in [3.8, 4) is 50.2 Å². The standard InChI is InChI=1S/C58H40N2/c1-4-20-41(21-5-1)47-30-10-13-37-54(47)59(55-38-14-11-31-50(55)52-35-18-25-43-24-17-33-48(57(43)52)42-22-6-2-7-23-42)46-29-16-26-44(40-46)49-34-19-36-53-51-32-12-15-39-56(51)60(58(49)53)45-27-8-3-9-28-45/h1-40H. The van der Waals surface area contributed by atoms with Gasteiger partial charge in [0, 0.05) is 38.8 Å². The number of hydrogen-bond donors (Lipinski definition) is 0. The van der Waals surface area contributed by atoms with Gasteiger partial charge in [-0.05, 0) is 81.1 Å². The molecule has 0 spiro atoms. The zero-order valence-corrected chi connectivity index (χ0v) is 33.0. The van der Waals surface area contributed by atoms with Crippen LogP contribution in [0.5, 0.6) is 0 Å². The molecule has 0 amide bonds. The van der Waals surface area contributed by atoms with E-state index in [1.807, 2.05) is 0 Å². The van der Waals surface area contributed by atoms with Crippen molar-refractivity contribution in [3.05, 3.63) is 243 Å². The molecular weight excluding hydrogens is 725 g/mol. The van der Waals surface area contributed by atoms with Crippen molar-refractivity contribution in [1.82, 2.24) is 4.57 Å². The predicted octanol–water partition coefficient (Wildman–Crippen LogP) is 16.1. The van der Waals surface area contributed by atoms with Gasteiger partial charge in [0.2, 0.25) is 0 Å². The third-order valence-electron chi connectivity index (χ3n) is 11.8. The number of nitrogens with zero attached hydrogens (tertiary/aromatic N) is 2. The normalized spacial score (nSPS) is 11.3. The average molecular weight is 765 g/mol. The molecule has 0 fully saturated rings. The van der Waals surface area contributed by atoms with Gasteiger partial charge in [-0.3, -0.25) is 0 Å². The summed E-state index contributed by atoms with van der Waals surface area (Å²) in [5.74, 6) is 0. The zero-order chi connectivity index (χ0) is 39.8. The van der Waals surface area contributed by atoms with E-state index in [1.54, 1.807) is 0 Å². The monoisotopic (exact) mass is 764 g/mol. The average Bonchev–Trinajstić information content (AvgIpc) is 3.67. The molecule has 1 heterocycles. The minimum absolute atomic E-state index is 1.08. The van der Waals surface area contributed by atoms with Crippen LogP contribution in [0.15, 0.2) is 243 Å². The summed E-state index contributed by atoms with van der Waals surface area (Å²) in [6.07, 6.45) is 0. The van der Waals surface area contributed by atoms with Crippen LogP contribution in [0.2, 0.25) is 0 Å². The first-order valence-electron chi connectivity index (χ1n) is 20.6. The minimum Gasteiger partial charge on any atom is -0.309 e. The Morgan fingerprint density at radius 3 is 1.57 bits per heavy atom. The van der Waals surface area contributed by atoms with Crippen LogP contribution in [0.1, 0.15) is 0 Å². The molecule has 0 atom stereocenters. The molecule has 60 heavy (non-hydrogen) atoms. The highest BCUT2D eigenvalue weighted by Gasteiger charge is 2.23. The zero-order valence-electron chi connectivity index (χ0n) is 33.0. The summed E-state index contributed by atoms with van der Waals surface area (Å²) < 4.78 is 2.43. The molecule has 11 aromatic rings. The number of fused-ring (bicyclic) bond motifs is 4. The molecule has 0 aliphatic rings. The van der Waals surface area contributed by atoms with E-state index >= 15 is 0 Å². The van der Waals surface area contributed by atoms with E-state index in [1.165, 1.54) is 60.4 Å². The Balaban J connectivity index is 1.18. The fourth-order valence-electron chi connectivity index (χ4n) is 9.17. The summed E-state index contributed by atoms with van der Waals surface area (Å²) in [5.41, 5.74) is 16.2. The molecule has 0 saturated heterocycles. The Morgan fingerprint density at radius 2 is 0.817 bits per heavy atom. The Labute approximate surface area is 350 Å². The van der Waals surface area contributed by atoms with Gasteiger partial charge < -0.3 is 9.47 Å². The SMILES string of the molecule is c1ccc(-c2ccccc2N(c2cccc(-c3cccc4c5ccccc5n(-c5ccccc5)c34)c2)c2ccccc2-c2cccc3cccc(-c4ccccc4)c23)cc1. The van der Waals surface area contributed by atoms with Crippen molar-refractivity contribution in [2.75, 3.05) is 4.90 Å². The number of benzene rings is 10. The van der Waals surface area contributed by atoms with Gasteiger partial charge >= 0.3 is 0 Å². The second kappa shape index (κ2) is 15.1. The van der Waals surface area contributed by atoms with Gasteiger partial charge in [-0.15, -0.1) is 0 Å². The van der Waals surface area contributed by atoms with Crippen LogP contribution in [-0.4, -0.2) is 4.57 Å². The highest BCUT2D eigenvalue weighted by atomic mass is 15.1. The van der Waals surface area contributed by atoms with E-state index < -0.39 is 0 Å².